The summed E-state index contributed by atoms with van der Waals surface area (Å²) < 4.78 is 0. The Balaban J connectivity index is 1.56. The molecule has 0 amide bonds. The molecule has 0 spiro atoms. The maximum Gasteiger partial charge on any atom is -0.00431 e. The largest absolute Gasteiger partial charge is 0.317 e. The molecule has 1 heterocycles. The predicted octanol–water partition coefficient (Wildman–Crippen LogP) is 5.30. The van der Waals surface area contributed by atoms with Crippen molar-refractivity contribution >= 4 is 0 Å². The molecule has 0 saturated carbocycles. The van der Waals surface area contributed by atoms with E-state index in [1.54, 1.807) is 22.3 Å². The van der Waals surface area contributed by atoms with Crippen LogP contribution in [0.25, 0.3) is 0 Å². The maximum atomic E-state index is 3.50. The van der Waals surface area contributed by atoms with Crippen molar-refractivity contribution in [2.75, 3.05) is 13.1 Å². The Morgan fingerprint density at radius 3 is 2.68 bits per heavy atom. The van der Waals surface area contributed by atoms with Gasteiger partial charge in [0.2, 0.25) is 0 Å². The first-order chi connectivity index (χ1) is 12.3. The Bertz CT molecular complexity index is 740. The van der Waals surface area contributed by atoms with Crippen LogP contribution in [0.3, 0.4) is 0 Å². The van der Waals surface area contributed by atoms with E-state index in [0.717, 1.165) is 12.3 Å². The molecule has 1 atom stereocenters. The number of fused-ring (bicyclic) bond motifs is 1. The molecule has 1 heteroatoms. The molecule has 4 rings (SSSR count). The number of aryl methyl sites for hydroxylation is 3. The van der Waals surface area contributed by atoms with Gasteiger partial charge in [-0.1, -0.05) is 43.3 Å². The molecule has 0 radical (unpaired) electrons. The molecule has 2 aromatic carbocycles. The van der Waals surface area contributed by atoms with Gasteiger partial charge in [0.15, 0.2) is 0 Å². The standard InChI is InChI=1S/C24H31N/c1-3-19-15-18(7-10-23(19)20-11-13-25-14-12-20)16-22-9-8-21-6-4-5-17(2)24(21)22/h4-7,10,15,20,22,25H,3,8-9,11-14,16H2,1-2H3. The highest BCUT2D eigenvalue weighted by Gasteiger charge is 2.25. The number of hydrogen-bond acceptors (Lipinski definition) is 1. The van der Waals surface area contributed by atoms with Gasteiger partial charge in [0.25, 0.3) is 0 Å². The third-order valence-corrected chi connectivity index (χ3v) is 6.43. The lowest BCUT2D eigenvalue weighted by Gasteiger charge is -2.25. The van der Waals surface area contributed by atoms with Crippen molar-refractivity contribution in [3.8, 4) is 0 Å². The second kappa shape index (κ2) is 7.33. The summed E-state index contributed by atoms with van der Waals surface area (Å²) in [5.41, 5.74) is 9.47. The van der Waals surface area contributed by atoms with E-state index in [2.05, 4.69) is 55.6 Å². The van der Waals surface area contributed by atoms with E-state index in [0.29, 0.717) is 5.92 Å². The number of nitrogens with one attached hydrogen (secondary N) is 1. The molecule has 1 nitrogen and oxygen atoms in total. The van der Waals surface area contributed by atoms with Gasteiger partial charge in [-0.05, 0) is 104 Å². The summed E-state index contributed by atoms with van der Waals surface area (Å²) in [5.74, 6) is 1.48. The maximum absolute atomic E-state index is 3.50. The molecule has 25 heavy (non-hydrogen) atoms. The molecule has 2 aliphatic rings. The lowest BCUT2D eigenvalue weighted by Crippen LogP contribution is -2.27. The van der Waals surface area contributed by atoms with Crippen LogP contribution in [0.2, 0.25) is 0 Å². The molecule has 1 fully saturated rings. The lowest BCUT2D eigenvalue weighted by molar-refractivity contribution is 0.458. The Labute approximate surface area is 152 Å². The van der Waals surface area contributed by atoms with Crippen molar-refractivity contribution < 1.29 is 0 Å². The molecule has 1 aliphatic carbocycles. The van der Waals surface area contributed by atoms with E-state index in [4.69, 9.17) is 0 Å². The summed E-state index contributed by atoms with van der Waals surface area (Å²) in [6, 6.07) is 14.2. The van der Waals surface area contributed by atoms with E-state index in [1.165, 1.54) is 56.3 Å². The van der Waals surface area contributed by atoms with Crippen LogP contribution < -0.4 is 5.32 Å². The molecule has 1 unspecified atom stereocenters. The van der Waals surface area contributed by atoms with Crippen LogP contribution >= 0.6 is 0 Å². The second-order valence-electron chi connectivity index (χ2n) is 8.00. The van der Waals surface area contributed by atoms with Crippen LogP contribution in [-0.4, -0.2) is 13.1 Å². The average Bonchev–Trinajstić information content (AvgIpc) is 3.06. The Hall–Kier alpha value is -1.60. The van der Waals surface area contributed by atoms with E-state index < -0.39 is 0 Å². The van der Waals surface area contributed by atoms with Crippen molar-refractivity contribution in [2.24, 2.45) is 0 Å². The van der Waals surface area contributed by atoms with Gasteiger partial charge in [-0.2, -0.15) is 0 Å². The molecule has 0 bridgehead atoms. The van der Waals surface area contributed by atoms with Gasteiger partial charge < -0.3 is 5.32 Å². The van der Waals surface area contributed by atoms with E-state index >= 15 is 0 Å². The van der Waals surface area contributed by atoms with Crippen molar-refractivity contribution in [3.63, 3.8) is 0 Å². The van der Waals surface area contributed by atoms with E-state index in [-0.39, 0.29) is 0 Å². The first-order valence-electron chi connectivity index (χ1n) is 10.2. The molecular weight excluding hydrogens is 302 g/mol. The van der Waals surface area contributed by atoms with Crippen LogP contribution in [0.1, 0.15) is 71.4 Å². The zero-order valence-electron chi connectivity index (χ0n) is 15.8. The zero-order chi connectivity index (χ0) is 17.2. The van der Waals surface area contributed by atoms with Crippen LogP contribution in [0, 0.1) is 6.92 Å². The second-order valence-corrected chi connectivity index (χ2v) is 8.00. The van der Waals surface area contributed by atoms with Crippen LogP contribution in [0.15, 0.2) is 36.4 Å². The van der Waals surface area contributed by atoms with Gasteiger partial charge in [-0.25, -0.2) is 0 Å². The number of hydrogen-bond donors (Lipinski definition) is 1. The monoisotopic (exact) mass is 333 g/mol. The lowest BCUT2D eigenvalue weighted by atomic mass is 9.84. The Morgan fingerprint density at radius 1 is 1.04 bits per heavy atom. The van der Waals surface area contributed by atoms with Crippen LogP contribution in [0.4, 0.5) is 0 Å². The van der Waals surface area contributed by atoms with Crippen molar-refractivity contribution in [1.29, 1.82) is 0 Å². The topological polar surface area (TPSA) is 12.0 Å². The fraction of sp³-hybridized carbons (Fsp3) is 0.500. The minimum absolute atomic E-state index is 0.714. The molecule has 2 aromatic rings. The fourth-order valence-electron chi connectivity index (χ4n) is 5.13. The van der Waals surface area contributed by atoms with Gasteiger partial charge >= 0.3 is 0 Å². The highest BCUT2D eigenvalue weighted by atomic mass is 14.9. The van der Waals surface area contributed by atoms with Gasteiger partial charge in [-0.15, -0.1) is 0 Å². The number of piperidine rings is 1. The molecular formula is C24H31N. The van der Waals surface area contributed by atoms with Gasteiger partial charge in [0.05, 0.1) is 0 Å². The normalized spacial score (nSPS) is 20.6. The average molecular weight is 334 g/mol. The van der Waals surface area contributed by atoms with Crippen LogP contribution in [-0.2, 0) is 19.3 Å². The molecule has 1 saturated heterocycles. The molecule has 132 valence electrons. The summed E-state index contributed by atoms with van der Waals surface area (Å²) in [6.45, 7) is 6.95. The zero-order valence-corrected chi connectivity index (χ0v) is 15.8. The first kappa shape index (κ1) is 16.8. The highest BCUT2D eigenvalue weighted by molar-refractivity contribution is 5.43. The SMILES string of the molecule is CCc1cc(CC2CCc3cccc(C)c32)ccc1C1CCNCC1. The smallest absolute Gasteiger partial charge is 0.00431 e. The molecule has 1 aliphatic heterocycles. The van der Waals surface area contributed by atoms with Gasteiger partial charge in [-0.3, -0.25) is 0 Å². The molecule has 1 N–H and O–H groups in total. The summed E-state index contributed by atoms with van der Waals surface area (Å²) >= 11 is 0. The van der Waals surface area contributed by atoms with Crippen LogP contribution in [0.5, 0.6) is 0 Å². The molecule has 0 aromatic heterocycles. The third-order valence-electron chi connectivity index (χ3n) is 6.43. The van der Waals surface area contributed by atoms with Crippen molar-refractivity contribution in [1.82, 2.24) is 5.32 Å². The Kier molecular flexibility index (Phi) is 4.94. The van der Waals surface area contributed by atoms with Crippen molar-refractivity contribution in [3.05, 3.63) is 69.8 Å². The van der Waals surface area contributed by atoms with E-state index in [1.807, 2.05) is 0 Å². The van der Waals surface area contributed by atoms with Gasteiger partial charge in [0, 0.05) is 0 Å². The summed E-state index contributed by atoms with van der Waals surface area (Å²) in [4.78, 5) is 0. The summed E-state index contributed by atoms with van der Waals surface area (Å²) in [5, 5.41) is 3.50. The first-order valence-corrected chi connectivity index (χ1v) is 10.2. The minimum atomic E-state index is 0.714. The Morgan fingerprint density at radius 2 is 1.88 bits per heavy atom. The fourth-order valence-corrected chi connectivity index (χ4v) is 5.13. The summed E-state index contributed by atoms with van der Waals surface area (Å²) in [7, 11) is 0. The summed E-state index contributed by atoms with van der Waals surface area (Å²) in [6.07, 6.45) is 7.53. The third kappa shape index (κ3) is 3.40. The number of benzene rings is 2. The quantitative estimate of drug-likeness (QED) is 0.801. The predicted molar refractivity (Wildman–Crippen MR) is 107 cm³/mol. The van der Waals surface area contributed by atoms with Crippen molar-refractivity contribution in [2.45, 2.75) is 64.2 Å². The minimum Gasteiger partial charge on any atom is -0.317 e. The highest BCUT2D eigenvalue weighted by Crippen LogP contribution is 2.38. The van der Waals surface area contributed by atoms with Gasteiger partial charge in [0.1, 0.15) is 0 Å². The van der Waals surface area contributed by atoms with E-state index in [9.17, 15) is 0 Å². The number of rotatable bonds is 4.